The number of hydrogen-bond acceptors (Lipinski definition) is 3. The molecule has 1 aliphatic rings. The predicted octanol–water partition coefficient (Wildman–Crippen LogP) is 1.93. The van der Waals surface area contributed by atoms with Gasteiger partial charge in [0.05, 0.1) is 0 Å². The van der Waals surface area contributed by atoms with Crippen molar-refractivity contribution in [1.29, 1.82) is 0 Å². The lowest BCUT2D eigenvalue weighted by Gasteiger charge is -2.43. The van der Waals surface area contributed by atoms with Crippen LogP contribution in [0.2, 0.25) is 0 Å². The second-order valence-electron chi connectivity index (χ2n) is 6.27. The lowest BCUT2D eigenvalue weighted by molar-refractivity contribution is -0.00501. The zero-order valence-electron chi connectivity index (χ0n) is 14.2. The average molecular weight is 412 g/mol. The van der Waals surface area contributed by atoms with Crippen LogP contribution in [0.5, 0.6) is 0 Å². The highest BCUT2D eigenvalue weighted by molar-refractivity contribution is 14.0. The summed E-state index contributed by atoms with van der Waals surface area (Å²) in [6, 6.07) is 0. The number of rotatable bonds is 6. The van der Waals surface area contributed by atoms with Gasteiger partial charge in [0.25, 0.3) is 0 Å². The maximum absolute atomic E-state index is 5.50. The second kappa shape index (κ2) is 10.6. The lowest BCUT2D eigenvalue weighted by Crippen LogP contribution is -2.57. The molecule has 1 rings (SSSR count). The molecule has 0 spiro atoms. The van der Waals surface area contributed by atoms with Crippen LogP contribution in [0.15, 0.2) is 4.99 Å². The molecule has 1 heterocycles. The summed E-state index contributed by atoms with van der Waals surface area (Å²) in [5.41, 5.74) is 0.175. The topological polar surface area (TPSA) is 48.9 Å². The number of hydrogen-bond donors (Lipinski definition) is 2. The van der Waals surface area contributed by atoms with Crippen molar-refractivity contribution < 1.29 is 4.74 Å². The maximum atomic E-state index is 5.50. The summed E-state index contributed by atoms with van der Waals surface area (Å²) in [5.74, 6) is 1.61. The number of ether oxygens (including phenoxy) is 1. The van der Waals surface area contributed by atoms with Gasteiger partial charge < -0.3 is 20.3 Å². The molecule has 5 nitrogen and oxygen atoms in total. The van der Waals surface area contributed by atoms with Crippen molar-refractivity contribution in [3.8, 4) is 0 Å². The number of aliphatic imine (C=N–C) groups is 1. The van der Waals surface area contributed by atoms with Crippen LogP contribution in [0.3, 0.4) is 0 Å². The molecule has 0 saturated carbocycles. The van der Waals surface area contributed by atoms with Gasteiger partial charge in [-0.3, -0.25) is 4.99 Å². The fraction of sp³-hybridized carbons (Fsp3) is 0.933. The lowest BCUT2D eigenvalue weighted by atomic mass is 9.88. The van der Waals surface area contributed by atoms with E-state index >= 15 is 0 Å². The molecular weight excluding hydrogens is 379 g/mol. The zero-order chi connectivity index (χ0) is 15.0. The molecule has 0 aromatic heterocycles. The van der Waals surface area contributed by atoms with Crippen molar-refractivity contribution in [2.45, 2.75) is 38.6 Å². The van der Waals surface area contributed by atoms with Gasteiger partial charge in [-0.05, 0) is 39.3 Å². The third-order valence-electron chi connectivity index (χ3n) is 4.19. The number of nitrogens with one attached hydrogen (secondary N) is 2. The molecule has 6 heteroatoms. The summed E-state index contributed by atoms with van der Waals surface area (Å²) in [7, 11) is 6.14. The first kappa shape index (κ1) is 20.9. The largest absolute Gasteiger partial charge is 0.381 e. The van der Waals surface area contributed by atoms with Gasteiger partial charge in [-0.15, -0.1) is 24.0 Å². The van der Waals surface area contributed by atoms with E-state index in [2.05, 4.69) is 48.5 Å². The molecule has 0 atom stereocenters. The molecule has 0 aliphatic carbocycles. The van der Waals surface area contributed by atoms with Crippen LogP contribution < -0.4 is 10.6 Å². The van der Waals surface area contributed by atoms with Gasteiger partial charge in [0.1, 0.15) is 0 Å². The highest BCUT2D eigenvalue weighted by Crippen LogP contribution is 2.24. The summed E-state index contributed by atoms with van der Waals surface area (Å²) in [5, 5.41) is 6.86. The maximum Gasteiger partial charge on any atom is 0.191 e. The van der Waals surface area contributed by atoms with Gasteiger partial charge in [0.2, 0.25) is 0 Å². The minimum absolute atomic E-state index is 0. The highest BCUT2D eigenvalue weighted by Gasteiger charge is 2.34. The van der Waals surface area contributed by atoms with E-state index in [9.17, 15) is 0 Å². The quantitative estimate of drug-likeness (QED) is 0.398. The zero-order valence-corrected chi connectivity index (χ0v) is 16.6. The van der Waals surface area contributed by atoms with E-state index in [1.54, 1.807) is 0 Å². The van der Waals surface area contributed by atoms with Crippen LogP contribution in [0.1, 0.15) is 33.1 Å². The van der Waals surface area contributed by atoms with E-state index in [1.165, 1.54) is 0 Å². The van der Waals surface area contributed by atoms with Gasteiger partial charge in [-0.1, -0.05) is 13.8 Å². The van der Waals surface area contributed by atoms with E-state index in [4.69, 9.17) is 4.74 Å². The molecule has 126 valence electrons. The molecule has 1 aliphatic heterocycles. The first-order valence-corrected chi connectivity index (χ1v) is 7.70. The van der Waals surface area contributed by atoms with Crippen LogP contribution in [0.25, 0.3) is 0 Å². The van der Waals surface area contributed by atoms with Crippen LogP contribution in [-0.2, 0) is 4.74 Å². The van der Waals surface area contributed by atoms with E-state index in [0.29, 0.717) is 5.92 Å². The molecule has 0 aromatic carbocycles. The Labute approximate surface area is 147 Å². The smallest absolute Gasteiger partial charge is 0.191 e. The molecule has 1 saturated heterocycles. The average Bonchev–Trinajstić information content (AvgIpc) is 2.43. The van der Waals surface area contributed by atoms with Crippen LogP contribution >= 0.6 is 24.0 Å². The fourth-order valence-electron chi connectivity index (χ4n) is 2.48. The first-order valence-electron chi connectivity index (χ1n) is 7.70. The van der Waals surface area contributed by atoms with Crippen LogP contribution in [0.4, 0.5) is 0 Å². The van der Waals surface area contributed by atoms with Crippen molar-refractivity contribution >= 4 is 29.9 Å². The van der Waals surface area contributed by atoms with E-state index in [-0.39, 0.29) is 29.5 Å². The van der Waals surface area contributed by atoms with Crippen molar-refractivity contribution in [1.82, 2.24) is 15.5 Å². The number of nitrogens with zero attached hydrogens (tertiary/aromatic N) is 2. The first-order chi connectivity index (χ1) is 9.50. The minimum atomic E-state index is 0. The summed E-state index contributed by atoms with van der Waals surface area (Å²) in [6.45, 7) is 8.04. The predicted molar refractivity (Wildman–Crippen MR) is 101 cm³/mol. The second-order valence-corrected chi connectivity index (χ2v) is 6.27. The Bertz CT molecular complexity index is 302. The molecule has 0 amide bonds. The summed E-state index contributed by atoms with van der Waals surface area (Å²) >= 11 is 0. The Hall–Kier alpha value is -0.0800. The molecule has 21 heavy (non-hydrogen) atoms. The standard InChI is InChI=1S/C15H32N4O.HI/c1-13(2)6-9-17-14(16-3)18-12-15(19(4)5)7-10-20-11-8-15;/h13H,6-12H2,1-5H3,(H2,16,17,18);1H. The summed E-state index contributed by atoms with van der Waals surface area (Å²) < 4.78 is 5.50. The molecule has 0 aromatic rings. The Morgan fingerprint density at radius 1 is 1.24 bits per heavy atom. The summed E-state index contributed by atoms with van der Waals surface area (Å²) in [4.78, 5) is 6.63. The third-order valence-corrected chi connectivity index (χ3v) is 4.19. The normalized spacial score (nSPS) is 18.5. The van der Waals surface area contributed by atoms with Crippen molar-refractivity contribution in [2.75, 3.05) is 47.4 Å². The van der Waals surface area contributed by atoms with Crippen molar-refractivity contribution in [3.63, 3.8) is 0 Å². The van der Waals surface area contributed by atoms with Gasteiger partial charge in [0.15, 0.2) is 5.96 Å². The molecular formula is C15H33IN4O. The summed E-state index contributed by atoms with van der Waals surface area (Å²) in [6.07, 6.45) is 3.29. The van der Waals surface area contributed by atoms with Crippen molar-refractivity contribution in [3.05, 3.63) is 0 Å². The number of likely N-dealkylation sites (N-methyl/N-ethyl adjacent to an activating group) is 1. The number of guanidine groups is 1. The van der Waals surface area contributed by atoms with E-state index < -0.39 is 0 Å². The number of halogens is 1. The third kappa shape index (κ3) is 7.15. The van der Waals surface area contributed by atoms with Gasteiger partial charge >= 0.3 is 0 Å². The highest BCUT2D eigenvalue weighted by atomic mass is 127. The molecule has 1 fully saturated rings. The SMILES string of the molecule is CN=C(NCCC(C)C)NCC1(N(C)C)CCOCC1.I. The Kier molecular flexibility index (Phi) is 10.6. The monoisotopic (exact) mass is 412 g/mol. The van der Waals surface area contributed by atoms with E-state index in [1.807, 2.05) is 7.05 Å². The molecule has 0 unspecified atom stereocenters. The van der Waals surface area contributed by atoms with Crippen LogP contribution in [0, 0.1) is 5.92 Å². The minimum Gasteiger partial charge on any atom is -0.381 e. The Morgan fingerprint density at radius 2 is 1.86 bits per heavy atom. The van der Waals surface area contributed by atoms with Crippen LogP contribution in [-0.4, -0.2) is 63.8 Å². The Morgan fingerprint density at radius 3 is 2.33 bits per heavy atom. The molecule has 2 N–H and O–H groups in total. The van der Waals surface area contributed by atoms with Gasteiger partial charge in [-0.25, -0.2) is 0 Å². The van der Waals surface area contributed by atoms with Gasteiger partial charge in [0, 0.05) is 38.9 Å². The van der Waals surface area contributed by atoms with Crippen molar-refractivity contribution in [2.24, 2.45) is 10.9 Å². The van der Waals surface area contributed by atoms with Gasteiger partial charge in [-0.2, -0.15) is 0 Å². The molecule has 0 radical (unpaired) electrons. The molecule has 0 bridgehead atoms. The Balaban J connectivity index is 0.00000400. The van der Waals surface area contributed by atoms with E-state index in [0.717, 1.165) is 51.5 Å². The fourth-order valence-corrected chi connectivity index (χ4v) is 2.48.